The van der Waals surface area contributed by atoms with Gasteiger partial charge in [-0.3, -0.25) is 4.79 Å². The molecule has 0 spiro atoms. The molecular weight excluding hydrogens is 455 g/mol. The van der Waals surface area contributed by atoms with E-state index in [1.807, 2.05) is 38.1 Å². The Kier molecular flexibility index (Phi) is 8.00. The van der Waals surface area contributed by atoms with E-state index in [4.69, 9.17) is 11.6 Å². The summed E-state index contributed by atoms with van der Waals surface area (Å²) >= 11 is 6.42. The number of carbonyl (C=O) groups excluding carboxylic acids is 1. The zero-order valence-corrected chi connectivity index (χ0v) is 19.3. The van der Waals surface area contributed by atoms with E-state index in [0.29, 0.717) is 36.0 Å². The van der Waals surface area contributed by atoms with Gasteiger partial charge >= 0.3 is 12.1 Å². The summed E-state index contributed by atoms with van der Waals surface area (Å²) in [5.41, 5.74) is 4.21. The van der Waals surface area contributed by atoms with Gasteiger partial charge in [-0.25, -0.2) is 0 Å². The number of hydrogen-bond donors (Lipinski definition) is 1. The van der Waals surface area contributed by atoms with Crippen LogP contribution in [-0.4, -0.2) is 30.1 Å². The van der Waals surface area contributed by atoms with E-state index in [1.165, 1.54) is 0 Å². The average Bonchev–Trinajstić information content (AvgIpc) is 2.98. The standard InChI is InChI=1S/C24H27ClF3N3O2/c1-15(2)13-21(30-33)18-5-3-16(4-6-18)14-29-22-19-10-12-31(23(32)24(26,27)28)11-9-17(19)7-8-20(22)25/h3-8,15,21,29H,9-14H2,1-2H3. The van der Waals surface area contributed by atoms with Gasteiger partial charge in [0.2, 0.25) is 0 Å². The third-order valence-electron chi connectivity index (χ3n) is 5.83. The highest BCUT2D eigenvalue weighted by molar-refractivity contribution is 6.33. The molecule has 0 bridgehead atoms. The maximum atomic E-state index is 12.9. The molecule has 0 fully saturated rings. The minimum Gasteiger partial charge on any atom is -0.380 e. The van der Waals surface area contributed by atoms with Crippen molar-refractivity contribution in [2.75, 3.05) is 18.4 Å². The average molecular weight is 482 g/mol. The Bertz CT molecular complexity index is 994. The Hall–Kier alpha value is -2.61. The molecule has 1 N–H and O–H groups in total. The van der Waals surface area contributed by atoms with Crippen LogP contribution in [0.4, 0.5) is 18.9 Å². The van der Waals surface area contributed by atoms with Crippen molar-refractivity contribution < 1.29 is 18.0 Å². The normalized spacial score (nSPS) is 15.1. The summed E-state index contributed by atoms with van der Waals surface area (Å²) in [4.78, 5) is 23.7. The van der Waals surface area contributed by atoms with E-state index in [-0.39, 0.29) is 25.6 Å². The second kappa shape index (κ2) is 10.5. The van der Waals surface area contributed by atoms with E-state index in [2.05, 4.69) is 10.5 Å². The number of carbonyl (C=O) groups is 1. The fourth-order valence-corrected chi connectivity index (χ4v) is 4.35. The summed E-state index contributed by atoms with van der Waals surface area (Å²) in [5, 5.41) is 7.03. The first kappa shape index (κ1) is 25.0. The summed E-state index contributed by atoms with van der Waals surface area (Å²) < 4.78 is 38.6. The molecule has 1 atom stereocenters. The molecule has 0 saturated heterocycles. The van der Waals surface area contributed by atoms with E-state index in [9.17, 15) is 22.9 Å². The van der Waals surface area contributed by atoms with Crippen LogP contribution in [0.1, 0.15) is 48.6 Å². The molecule has 0 saturated carbocycles. The Morgan fingerprint density at radius 1 is 1.12 bits per heavy atom. The number of anilines is 1. The number of fused-ring (bicyclic) bond motifs is 1. The number of nitrogens with one attached hydrogen (secondary N) is 1. The van der Waals surface area contributed by atoms with Gasteiger partial charge in [0, 0.05) is 19.6 Å². The smallest absolute Gasteiger partial charge is 0.380 e. The highest BCUT2D eigenvalue weighted by Crippen LogP contribution is 2.33. The summed E-state index contributed by atoms with van der Waals surface area (Å²) in [6, 6.07) is 10.8. The van der Waals surface area contributed by atoms with Crippen LogP contribution in [0, 0.1) is 10.8 Å². The largest absolute Gasteiger partial charge is 0.471 e. The monoisotopic (exact) mass is 481 g/mol. The van der Waals surface area contributed by atoms with Gasteiger partial charge in [-0.2, -0.15) is 18.1 Å². The van der Waals surface area contributed by atoms with Gasteiger partial charge in [-0.05, 0) is 53.5 Å². The Morgan fingerprint density at radius 3 is 2.39 bits per heavy atom. The molecular formula is C24H27ClF3N3O2. The molecule has 2 aromatic rings. The Labute approximate surface area is 196 Å². The van der Waals surface area contributed by atoms with Crippen molar-refractivity contribution in [2.45, 2.75) is 51.9 Å². The number of halogens is 4. The minimum atomic E-state index is -4.88. The van der Waals surface area contributed by atoms with Gasteiger partial charge < -0.3 is 10.2 Å². The highest BCUT2D eigenvalue weighted by atomic mass is 35.5. The van der Waals surface area contributed by atoms with Crippen LogP contribution < -0.4 is 5.32 Å². The molecule has 0 aromatic heterocycles. The van der Waals surface area contributed by atoms with Crippen molar-refractivity contribution in [1.82, 2.24) is 4.90 Å². The van der Waals surface area contributed by atoms with Gasteiger partial charge in [0.25, 0.3) is 0 Å². The fraction of sp³-hybridized carbons (Fsp3) is 0.458. The minimum absolute atomic E-state index is 0.0101. The van der Waals surface area contributed by atoms with Crippen molar-refractivity contribution in [2.24, 2.45) is 11.1 Å². The molecule has 2 aromatic carbocycles. The highest BCUT2D eigenvalue weighted by Gasteiger charge is 2.42. The van der Waals surface area contributed by atoms with Gasteiger partial charge in [0.05, 0.1) is 10.7 Å². The van der Waals surface area contributed by atoms with Gasteiger partial charge in [0.15, 0.2) is 0 Å². The molecule has 1 unspecified atom stereocenters. The quantitative estimate of drug-likeness (QED) is 0.472. The van der Waals surface area contributed by atoms with Crippen molar-refractivity contribution in [3.05, 3.63) is 68.6 Å². The number of alkyl halides is 3. The first-order valence-corrected chi connectivity index (χ1v) is 11.3. The number of amides is 1. The molecule has 33 heavy (non-hydrogen) atoms. The van der Waals surface area contributed by atoms with E-state index in [0.717, 1.165) is 27.2 Å². The van der Waals surface area contributed by atoms with Crippen LogP contribution >= 0.6 is 11.6 Å². The lowest BCUT2D eigenvalue weighted by Gasteiger charge is -2.21. The molecule has 0 aliphatic carbocycles. The second-order valence-electron chi connectivity index (χ2n) is 8.70. The van der Waals surface area contributed by atoms with E-state index >= 15 is 0 Å². The molecule has 1 aliphatic rings. The first-order chi connectivity index (χ1) is 15.6. The first-order valence-electron chi connectivity index (χ1n) is 10.9. The predicted octanol–water partition coefficient (Wildman–Crippen LogP) is 6.30. The van der Waals surface area contributed by atoms with Crippen LogP contribution in [-0.2, 0) is 24.2 Å². The second-order valence-corrected chi connectivity index (χ2v) is 9.10. The summed E-state index contributed by atoms with van der Waals surface area (Å²) in [7, 11) is 0. The third kappa shape index (κ3) is 6.25. The lowest BCUT2D eigenvalue weighted by atomic mass is 9.97. The summed E-state index contributed by atoms with van der Waals surface area (Å²) in [5.74, 6) is -1.46. The van der Waals surface area contributed by atoms with E-state index in [1.54, 1.807) is 12.1 Å². The van der Waals surface area contributed by atoms with Crippen molar-refractivity contribution >= 4 is 23.2 Å². The lowest BCUT2D eigenvalue weighted by molar-refractivity contribution is -0.185. The molecule has 178 valence electrons. The van der Waals surface area contributed by atoms with Gasteiger partial charge in [-0.15, -0.1) is 0 Å². The SMILES string of the molecule is CC(C)CC(N=O)c1ccc(CNc2c(Cl)ccc3c2CCN(C(=O)C(F)(F)F)CC3)cc1. The zero-order chi connectivity index (χ0) is 24.2. The maximum Gasteiger partial charge on any atom is 0.471 e. The number of hydrogen-bond acceptors (Lipinski definition) is 4. The van der Waals surface area contributed by atoms with Crippen LogP contribution in [0.5, 0.6) is 0 Å². The molecule has 1 amide bonds. The van der Waals surface area contributed by atoms with Crippen LogP contribution in [0.3, 0.4) is 0 Å². The molecule has 5 nitrogen and oxygen atoms in total. The number of nitrogens with zero attached hydrogens (tertiary/aromatic N) is 2. The van der Waals surface area contributed by atoms with Crippen molar-refractivity contribution in [3.8, 4) is 0 Å². The Morgan fingerprint density at radius 2 is 1.79 bits per heavy atom. The third-order valence-corrected chi connectivity index (χ3v) is 6.14. The molecule has 0 radical (unpaired) electrons. The van der Waals surface area contributed by atoms with Crippen LogP contribution in [0.2, 0.25) is 5.02 Å². The fourth-order valence-electron chi connectivity index (χ4n) is 4.10. The molecule has 1 heterocycles. The number of benzene rings is 2. The predicted molar refractivity (Wildman–Crippen MR) is 123 cm³/mol. The van der Waals surface area contributed by atoms with E-state index < -0.39 is 12.1 Å². The van der Waals surface area contributed by atoms with Crippen molar-refractivity contribution in [1.29, 1.82) is 0 Å². The summed E-state index contributed by atoms with van der Waals surface area (Å²) in [6.07, 6.45) is -3.59. The summed E-state index contributed by atoms with van der Waals surface area (Å²) in [6.45, 7) is 4.52. The zero-order valence-electron chi connectivity index (χ0n) is 18.6. The van der Waals surface area contributed by atoms with Crippen LogP contribution in [0.15, 0.2) is 41.6 Å². The Balaban J connectivity index is 1.72. The molecule has 3 rings (SSSR count). The maximum absolute atomic E-state index is 12.9. The molecule has 1 aliphatic heterocycles. The van der Waals surface area contributed by atoms with Gasteiger partial charge in [0.1, 0.15) is 6.04 Å². The lowest BCUT2D eigenvalue weighted by Crippen LogP contribution is -2.42. The van der Waals surface area contributed by atoms with Crippen LogP contribution in [0.25, 0.3) is 0 Å². The van der Waals surface area contributed by atoms with Crippen molar-refractivity contribution in [3.63, 3.8) is 0 Å². The molecule has 9 heteroatoms. The number of rotatable bonds is 7. The van der Waals surface area contributed by atoms with Gasteiger partial charge in [-0.1, -0.05) is 61.0 Å². The topological polar surface area (TPSA) is 61.8 Å². The number of nitroso groups, excluding NO2 is 1.